The lowest BCUT2D eigenvalue weighted by Gasteiger charge is -2.39. The molecule has 18 heavy (non-hydrogen) atoms. The average Bonchev–Trinajstić information content (AvgIpc) is 2.38. The van der Waals surface area contributed by atoms with Crippen LogP contribution in [0.15, 0.2) is 18.3 Å². The maximum Gasteiger partial charge on any atom is 0.163 e. The molecule has 96 valence electrons. The molecule has 0 spiro atoms. The van der Waals surface area contributed by atoms with Crippen molar-refractivity contribution in [3.05, 3.63) is 24.0 Å². The largest absolute Gasteiger partial charge is 0.369 e. The third kappa shape index (κ3) is 2.64. The fourth-order valence-electron chi connectivity index (χ4n) is 2.72. The molecule has 0 unspecified atom stereocenters. The highest BCUT2D eigenvalue weighted by atomic mass is 15.1. The van der Waals surface area contributed by atoms with E-state index in [0.29, 0.717) is 11.1 Å². The standard InChI is InChI=1S/C15H21N3/c1-15(2,3)12-6-9-18(10-7-12)14-5-4-8-17-13(14)11-16/h4-5,8,12H,6-7,9-10H2,1-3H3. The van der Waals surface area contributed by atoms with Gasteiger partial charge < -0.3 is 4.90 Å². The normalized spacial score (nSPS) is 17.6. The van der Waals surface area contributed by atoms with Crippen molar-refractivity contribution >= 4 is 5.69 Å². The van der Waals surface area contributed by atoms with Crippen LogP contribution in [-0.2, 0) is 0 Å². The maximum atomic E-state index is 9.09. The molecule has 1 aliphatic rings. The topological polar surface area (TPSA) is 39.9 Å². The number of hydrogen-bond donors (Lipinski definition) is 0. The molecule has 0 saturated carbocycles. The van der Waals surface area contributed by atoms with Gasteiger partial charge in [0.05, 0.1) is 5.69 Å². The summed E-state index contributed by atoms with van der Waals surface area (Å²) in [5.41, 5.74) is 1.93. The van der Waals surface area contributed by atoms with E-state index in [0.717, 1.165) is 24.7 Å². The van der Waals surface area contributed by atoms with Crippen LogP contribution in [0, 0.1) is 22.7 Å². The molecule has 1 fully saturated rings. The Hall–Kier alpha value is -1.56. The van der Waals surface area contributed by atoms with Crippen molar-refractivity contribution in [2.75, 3.05) is 18.0 Å². The summed E-state index contributed by atoms with van der Waals surface area (Å²) in [6.45, 7) is 9.01. The summed E-state index contributed by atoms with van der Waals surface area (Å²) in [5.74, 6) is 0.774. The molecule has 1 aromatic heterocycles. The van der Waals surface area contributed by atoms with Gasteiger partial charge in [-0.25, -0.2) is 4.98 Å². The van der Waals surface area contributed by atoms with Gasteiger partial charge in [-0.2, -0.15) is 5.26 Å². The van der Waals surface area contributed by atoms with E-state index in [1.54, 1.807) is 6.20 Å². The molecule has 2 heterocycles. The predicted molar refractivity (Wildman–Crippen MR) is 73.3 cm³/mol. The second-order valence-electron chi connectivity index (χ2n) is 6.11. The molecule has 1 aromatic rings. The number of hydrogen-bond acceptors (Lipinski definition) is 3. The zero-order valence-electron chi connectivity index (χ0n) is 11.5. The van der Waals surface area contributed by atoms with Gasteiger partial charge in [-0.1, -0.05) is 20.8 Å². The summed E-state index contributed by atoms with van der Waals surface area (Å²) in [6.07, 6.45) is 4.08. The van der Waals surface area contributed by atoms with E-state index in [2.05, 4.69) is 36.7 Å². The fourth-order valence-corrected chi connectivity index (χ4v) is 2.72. The van der Waals surface area contributed by atoms with E-state index in [9.17, 15) is 0 Å². The van der Waals surface area contributed by atoms with Gasteiger partial charge in [0.1, 0.15) is 6.07 Å². The molecule has 2 rings (SSSR count). The Balaban J connectivity index is 2.09. The Bertz CT molecular complexity index is 446. The number of aromatic nitrogens is 1. The number of nitriles is 1. The summed E-state index contributed by atoms with van der Waals surface area (Å²) in [4.78, 5) is 6.44. The van der Waals surface area contributed by atoms with Crippen LogP contribution >= 0.6 is 0 Å². The minimum absolute atomic E-state index is 0.388. The van der Waals surface area contributed by atoms with Crippen LogP contribution in [0.2, 0.25) is 0 Å². The molecule has 0 atom stereocenters. The number of piperidine rings is 1. The van der Waals surface area contributed by atoms with E-state index in [4.69, 9.17) is 5.26 Å². The van der Waals surface area contributed by atoms with Crippen LogP contribution in [0.4, 0.5) is 5.69 Å². The van der Waals surface area contributed by atoms with E-state index in [1.165, 1.54) is 12.8 Å². The first-order valence-electron chi connectivity index (χ1n) is 6.62. The van der Waals surface area contributed by atoms with Crippen molar-refractivity contribution in [3.8, 4) is 6.07 Å². The minimum atomic E-state index is 0.388. The zero-order chi connectivity index (χ0) is 13.2. The molecule has 0 aliphatic carbocycles. The van der Waals surface area contributed by atoms with Gasteiger partial charge in [-0.05, 0) is 36.3 Å². The maximum absolute atomic E-state index is 9.09. The van der Waals surface area contributed by atoms with Crippen LogP contribution in [0.3, 0.4) is 0 Å². The van der Waals surface area contributed by atoms with Gasteiger partial charge in [0, 0.05) is 19.3 Å². The lowest BCUT2D eigenvalue weighted by atomic mass is 9.75. The lowest BCUT2D eigenvalue weighted by molar-refractivity contribution is 0.199. The van der Waals surface area contributed by atoms with E-state index in [-0.39, 0.29) is 0 Å². The molecule has 0 N–H and O–H groups in total. The van der Waals surface area contributed by atoms with Crippen molar-refractivity contribution < 1.29 is 0 Å². The molecule has 0 bridgehead atoms. The van der Waals surface area contributed by atoms with Crippen molar-refractivity contribution in [2.45, 2.75) is 33.6 Å². The van der Waals surface area contributed by atoms with Gasteiger partial charge in [0.15, 0.2) is 5.69 Å². The third-order valence-corrected chi connectivity index (χ3v) is 3.95. The summed E-state index contributed by atoms with van der Waals surface area (Å²) in [5, 5.41) is 9.09. The molecule has 3 heteroatoms. The number of anilines is 1. The average molecular weight is 243 g/mol. The van der Waals surface area contributed by atoms with E-state index >= 15 is 0 Å². The first kappa shape index (κ1) is 12.9. The second-order valence-corrected chi connectivity index (χ2v) is 6.11. The van der Waals surface area contributed by atoms with Crippen molar-refractivity contribution in [1.82, 2.24) is 4.98 Å². The van der Waals surface area contributed by atoms with Crippen molar-refractivity contribution in [2.24, 2.45) is 11.3 Å². The third-order valence-electron chi connectivity index (χ3n) is 3.95. The van der Waals surface area contributed by atoms with E-state index in [1.807, 2.05) is 12.1 Å². The van der Waals surface area contributed by atoms with Gasteiger partial charge in [-0.3, -0.25) is 0 Å². The fraction of sp³-hybridized carbons (Fsp3) is 0.600. The first-order valence-corrected chi connectivity index (χ1v) is 6.62. The van der Waals surface area contributed by atoms with Gasteiger partial charge >= 0.3 is 0 Å². The molecule has 0 radical (unpaired) electrons. The quantitative estimate of drug-likeness (QED) is 0.760. The Morgan fingerprint density at radius 2 is 2.00 bits per heavy atom. The Morgan fingerprint density at radius 1 is 1.33 bits per heavy atom. The highest BCUT2D eigenvalue weighted by Gasteiger charge is 2.29. The van der Waals surface area contributed by atoms with Gasteiger partial charge in [0.2, 0.25) is 0 Å². The molecule has 0 aromatic carbocycles. The minimum Gasteiger partial charge on any atom is -0.369 e. The van der Waals surface area contributed by atoms with Crippen LogP contribution in [-0.4, -0.2) is 18.1 Å². The molecular weight excluding hydrogens is 222 g/mol. The Morgan fingerprint density at radius 3 is 2.56 bits per heavy atom. The van der Waals surface area contributed by atoms with Crippen LogP contribution in [0.1, 0.15) is 39.3 Å². The molecule has 1 saturated heterocycles. The molecule has 0 amide bonds. The number of pyridine rings is 1. The lowest BCUT2D eigenvalue weighted by Crippen LogP contribution is -2.38. The summed E-state index contributed by atoms with van der Waals surface area (Å²) >= 11 is 0. The SMILES string of the molecule is CC(C)(C)C1CCN(c2cccnc2C#N)CC1. The predicted octanol–water partition coefficient (Wildman–Crippen LogP) is 3.22. The Kier molecular flexibility index (Phi) is 3.56. The van der Waals surface area contributed by atoms with Crippen molar-refractivity contribution in [3.63, 3.8) is 0 Å². The zero-order valence-corrected chi connectivity index (χ0v) is 11.5. The molecular formula is C15H21N3. The molecule has 1 aliphatic heterocycles. The summed E-state index contributed by atoms with van der Waals surface area (Å²) in [6, 6.07) is 6.09. The smallest absolute Gasteiger partial charge is 0.163 e. The van der Waals surface area contributed by atoms with Crippen LogP contribution in [0.25, 0.3) is 0 Å². The summed E-state index contributed by atoms with van der Waals surface area (Å²) in [7, 11) is 0. The van der Waals surface area contributed by atoms with Crippen LogP contribution < -0.4 is 4.90 Å². The highest BCUT2D eigenvalue weighted by Crippen LogP contribution is 2.35. The van der Waals surface area contributed by atoms with Crippen LogP contribution in [0.5, 0.6) is 0 Å². The number of nitrogens with zero attached hydrogens (tertiary/aromatic N) is 3. The van der Waals surface area contributed by atoms with Crippen molar-refractivity contribution in [1.29, 1.82) is 5.26 Å². The summed E-state index contributed by atoms with van der Waals surface area (Å²) < 4.78 is 0. The monoisotopic (exact) mass is 243 g/mol. The van der Waals surface area contributed by atoms with Gasteiger partial charge in [-0.15, -0.1) is 0 Å². The highest BCUT2D eigenvalue weighted by molar-refractivity contribution is 5.55. The molecule has 3 nitrogen and oxygen atoms in total. The van der Waals surface area contributed by atoms with Gasteiger partial charge in [0.25, 0.3) is 0 Å². The number of rotatable bonds is 1. The second kappa shape index (κ2) is 4.97. The van der Waals surface area contributed by atoms with E-state index < -0.39 is 0 Å². The Labute approximate surface area is 109 Å². The first-order chi connectivity index (χ1) is 8.52.